The zero-order chi connectivity index (χ0) is 29.7. The molecular weight excluding hydrogens is 576 g/mol. The lowest BCUT2D eigenvalue weighted by atomic mass is 10.00. The van der Waals surface area contributed by atoms with Crippen molar-refractivity contribution in [1.82, 2.24) is 19.6 Å². The number of sulfonamides is 1. The van der Waals surface area contributed by atoms with Crippen LogP contribution in [-0.2, 0) is 27.5 Å². The molecule has 1 aromatic heterocycles. The maximum Gasteiger partial charge on any atom is 0.451 e. The molecule has 2 heterocycles. The predicted molar refractivity (Wildman–Crippen MR) is 130 cm³/mol. The van der Waals surface area contributed by atoms with E-state index in [1.807, 2.05) is 0 Å². The molecule has 0 unspecified atom stereocenters. The molecule has 1 spiro atoms. The number of alkyl halides is 4. The topological polar surface area (TPSA) is 116 Å². The summed E-state index contributed by atoms with van der Waals surface area (Å²) in [6.07, 6.45) is -4.99. The first-order valence-electron chi connectivity index (χ1n) is 12.1. The second-order valence-corrected chi connectivity index (χ2v) is 11.5. The van der Waals surface area contributed by atoms with Gasteiger partial charge in [-0.25, -0.2) is 31.6 Å². The van der Waals surface area contributed by atoms with E-state index >= 15 is 4.39 Å². The van der Waals surface area contributed by atoms with Crippen LogP contribution in [0.15, 0.2) is 53.7 Å². The van der Waals surface area contributed by atoms with Gasteiger partial charge in [0, 0.05) is 36.5 Å². The number of rotatable bonds is 6. The summed E-state index contributed by atoms with van der Waals surface area (Å²) < 4.78 is 109. The van der Waals surface area contributed by atoms with Gasteiger partial charge in [0.1, 0.15) is 23.8 Å². The molecule has 3 aromatic rings. The molecular formula is C26H19F6N5O3S. The van der Waals surface area contributed by atoms with Crippen LogP contribution in [0.5, 0.6) is 0 Å². The molecule has 5 rings (SSSR count). The summed E-state index contributed by atoms with van der Waals surface area (Å²) in [5.41, 5.74) is -1.93. The van der Waals surface area contributed by atoms with E-state index in [1.54, 1.807) is 6.07 Å². The van der Waals surface area contributed by atoms with Crippen molar-refractivity contribution >= 4 is 15.9 Å². The number of halogens is 6. The second-order valence-electron chi connectivity index (χ2n) is 9.69. The number of nitrogens with one attached hydrogen (secondary N) is 1. The van der Waals surface area contributed by atoms with E-state index in [-0.39, 0.29) is 40.0 Å². The molecule has 0 bridgehead atoms. The van der Waals surface area contributed by atoms with Crippen molar-refractivity contribution < 1.29 is 39.6 Å². The first-order chi connectivity index (χ1) is 19.3. The van der Waals surface area contributed by atoms with Gasteiger partial charge in [-0.2, -0.15) is 22.7 Å². The molecule has 2 fully saturated rings. The maximum atomic E-state index is 15.1. The molecule has 1 amide bonds. The third-order valence-corrected chi connectivity index (χ3v) is 9.16. The van der Waals surface area contributed by atoms with E-state index in [0.29, 0.717) is 0 Å². The van der Waals surface area contributed by atoms with Gasteiger partial charge in [0.05, 0.1) is 22.1 Å². The summed E-state index contributed by atoms with van der Waals surface area (Å²) in [5.74, 6) is -3.95. The van der Waals surface area contributed by atoms with E-state index < -0.39 is 70.3 Å². The van der Waals surface area contributed by atoms with Crippen molar-refractivity contribution in [3.8, 4) is 17.2 Å². The Morgan fingerprint density at radius 2 is 1.76 bits per heavy atom. The molecule has 2 aromatic carbocycles. The number of hydrogen-bond acceptors (Lipinski definition) is 6. The van der Waals surface area contributed by atoms with Crippen LogP contribution < -0.4 is 5.32 Å². The molecule has 2 aliphatic rings. The largest absolute Gasteiger partial charge is 0.451 e. The lowest BCUT2D eigenvalue weighted by molar-refractivity contribution is -0.145. The lowest BCUT2D eigenvalue weighted by Crippen LogP contribution is -2.50. The Labute approximate surface area is 229 Å². The highest BCUT2D eigenvalue weighted by molar-refractivity contribution is 7.89. The third-order valence-electron chi connectivity index (χ3n) is 7.15. The first-order valence-corrected chi connectivity index (χ1v) is 13.6. The Morgan fingerprint density at radius 1 is 1.12 bits per heavy atom. The summed E-state index contributed by atoms with van der Waals surface area (Å²) in [5, 5.41) is 11.9. The number of nitriles is 1. The van der Waals surface area contributed by atoms with Gasteiger partial charge in [0.25, 0.3) is 0 Å². The van der Waals surface area contributed by atoms with Gasteiger partial charge in [-0.3, -0.25) is 4.79 Å². The molecule has 15 heteroatoms. The number of hydrogen-bond donors (Lipinski definition) is 1. The third kappa shape index (κ3) is 5.13. The molecule has 1 aliphatic heterocycles. The Hall–Kier alpha value is -4.03. The minimum Gasteiger partial charge on any atom is -0.351 e. The number of aromatic nitrogens is 2. The van der Waals surface area contributed by atoms with Crippen molar-refractivity contribution in [3.63, 3.8) is 0 Å². The number of amides is 1. The lowest BCUT2D eigenvalue weighted by Gasteiger charge is -2.29. The highest BCUT2D eigenvalue weighted by Gasteiger charge is 2.67. The fourth-order valence-corrected chi connectivity index (χ4v) is 6.96. The standard InChI is InChI=1S/C26H19F6N5O3S/c27-17-1-3-18(4-2-17)41(39,40)37-21(9-22(29)25(37)5-6-25)23(38)34-11-15-7-19(20(28)8-14(15)10-33)16-12-35-24(36-13-16)26(30,31)32/h1-4,7-8,12-13,21-22H,5-6,9,11H2,(H,34,38)/t21-,22+/m0/s1. The minimum absolute atomic E-state index is 0.0565. The molecule has 1 N–H and O–H groups in total. The van der Waals surface area contributed by atoms with E-state index in [0.717, 1.165) is 53.1 Å². The van der Waals surface area contributed by atoms with E-state index in [4.69, 9.17) is 0 Å². The Bertz CT molecular complexity index is 1650. The zero-order valence-corrected chi connectivity index (χ0v) is 21.6. The summed E-state index contributed by atoms with van der Waals surface area (Å²) in [6.45, 7) is -0.415. The number of nitrogens with zero attached hydrogens (tertiary/aromatic N) is 4. The van der Waals surface area contributed by atoms with Gasteiger partial charge < -0.3 is 5.32 Å². The van der Waals surface area contributed by atoms with Gasteiger partial charge in [0.2, 0.25) is 21.8 Å². The van der Waals surface area contributed by atoms with Crippen LogP contribution in [0.4, 0.5) is 26.3 Å². The minimum atomic E-state index is -4.81. The van der Waals surface area contributed by atoms with Crippen LogP contribution >= 0.6 is 0 Å². The Kier molecular flexibility index (Phi) is 7.03. The van der Waals surface area contributed by atoms with Crippen LogP contribution in [0, 0.1) is 23.0 Å². The summed E-state index contributed by atoms with van der Waals surface area (Å²) in [7, 11) is -4.42. The average molecular weight is 596 g/mol. The quantitative estimate of drug-likeness (QED) is 0.426. The summed E-state index contributed by atoms with van der Waals surface area (Å²) >= 11 is 0. The highest BCUT2D eigenvalue weighted by Crippen LogP contribution is 2.55. The summed E-state index contributed by atoms with van der Waals surface area (Å²) in [4.78, 5) is 19.3. The van der Waals surface area contributed by atoms with Gasteiger partial charge in [0.15, 0.2) is 0 Å². The monoisotopic (exact) mass is 595 g/mol. The molecule has 41 heavy (non-hydrogen) atoms. The smallest absolute Gasteiger partial charge is 0.351 e. The fourth-order valence-electron chi connectivity index (χ4n) is 4.97. The highest BCUT2D eigenvalue weighted by atomic mass is 32.2. The number of carbonyl (C=O) groups is 1. The van der Waals surface area contributed by atoms with E-state index in [9.17, 15) is 40.4 Å². The van der Waals surface area contributed by atoms with Crippen LogP contribution in [0.1, 0.15) is 36.2 Å². The molecule has 1 saturated carbocycles. The average Bonchev–Trinajstić information content (AvgIpc) is 3.66. The van der Waals surface area contributed by atoms with Crippen LogP contribution in [0.2, 0.25) is 0 Å². The van der Waals surface area contributed by atoms with Crippen molar-refractivity contribution in [2.24, 2.45) is 0 Å². The van der Waals surface area contributed by atoms with Crippen LogP contribution in [-0.4, -0.2) is 46.4 Å². The normalized spacial score (nSPS) is 20.1. The van der Waals surface area contributed by atoms with E-state index in [2.05, 4.69) is 15.3 Å². The molecule has 0 radical (unpaired) electrons. The van der Waals surface area contributed by atoms with Crippen LogP contribution in [0.3, 0.4) is 0 Å². The second kappa shape index (κ2) is 10.1. The fraction of sp³-hybridized carbons (Fsp3) is 0.308. The van der Waals surface area contributed by atoms with Gasteiger partial charge in [-0.15, -0.1) is 0 Å². The number of carbonyl (C=O) groups excluding carboxylic acids is 1. The molecule has 1 aliphatic carbocycles. The SMILES string of the molecule is N#Cc1cc(F)c(-c2cnc(C(F)(F)F)nc2)cc1CNC(=O)[C@@H]1C[C@@H](F)C2(CC2)N1S(=O)(=O)c1ccc(F)cc1. The Morgan fingerprint density at radius 3 is 2.32 bits per heavy atom. The molecule has 1 saturated heterocycles. The van der Waals surface area contributed by atoms with Gasteiger partial charge >= 0.3 is 6.18 Å². The number of benzene rings is 2. The molecule has 2 atom stereocenters. The molecule has 8 nitrogen and oxygen atoms in total. The first kappa shape index (κ1) is 28.5. The predicted octanol–water partition coefficient (Wildman–Crippen LogP) is 4.26. The van der Waals surface area contributed by atoms with Crippen molar-refractivity contribution in [2.75, 3.05) is 0 Å². The maximum absolute atomic E-state index is 15.1. The zero-order valence-electron chi connectivity index (χ0n) is 20.8. The molecule has 214 valence electrons. The van der Waals surface area contributed by atoms with Gasteiger partial charge in [-0.05, 0) is 54.8 Å². The van der Waals surface area contributed by atoms with Gasteiger partial charge in [-0.1, -0.05) is 0 Å². The Balaban J connectivity index is 1.41. The van der Waals surface area contributed by atoms with Crippen molar-refractivity contribution in [3.05, 3.63) is 77.4 Å². The van der Waals surface area contributed by atoms with Crippen LogP contribution in [0.25, 0.3) is 11.1 Å². The van der Waals surface area contributed by atoms with E-state index in [1.165, 1.54) is 0 Å². The van der Waals surface area contributed by atoms with Crippen molar-refractivity contribution in [1.29, 1.82) is 5.26 Å². The summed E-state index contributed by atoms with van der Waals surface area (Å²) in [6, 6.07) is 6.15. The van der Waals surface area contributed by atoms with Crippen molar-refractivity contribution in [2.45, 2.75) is 54.6 Å².